The van der Waals surface area contributed by atoms with Crippen LogP contribution in [-0.4, -0.2) is 33.9 Å². The van der Waals surface area contributed by atoms with Gasteiger partial charge >= 0.3 is 0 Å². The normalized spacial score (nSPS) is 21.7. The Labute approximate surface area is 173 Å². The van der Waals surface area contributed by atoms with Crippen molar-refractivity contribution in [2.45, 2.75) is 57.5 Å². The summed E-state index contributed by atoms with van der Waals surface area (Å²) in [5.74, 6) is 1.12. The highest BCUT2D eigenvalue weighted by Gasteiger charge is 2.31. The molecule has 0 aromatic carbocycles. The lowest BCUT2D eigenvalue weighted by atomic mass is 9.88. The summed E-state index contributed by atoms with van der Waals surface area (Å²) in [6.45, 7) is 2.90. The van der Waals surface area contributed by atoms with E-state index >= 15 is 0 Å². The van der Waals surface area contributed by atoms with E-state index < -0.39 is 0 Å². The molecular weight excluding hydrogens is 360 g/mol. The molecule has 0 radical (unpaired) electrons. The second-order valence-corrected chi connectivity index (χ2v) is 8.61. The molecule has 2 aliphatic rings. The van der Waals surface area contributed by atoms with Gasteiger partial charge in [0, 0.05) is 31.9 Å². The number of amides is 1. The van der Waals surface area contributed by atoms with E-state index in [1.165, 1.54) is 25.7 Å². The molecule has 0 unspecified atom stereocenters. The number of hydrogen-bond donors (Lipinski definition) is 1. The fourth-order valence-corrected chi connectivity index (χ4v) is 4.93. The third kappa shape index (κ3) is 5.63. The van der Waals surface area contributed by atoms with E-state index in [-0.39, 0.29) is 11.9 Å². The highest BCUT2D eigenvalue weighted by atomic mass is 16.1. The highest BCUT2D eigenvalue weighted by Crippen LogP contribution is 2.31. The second kappa shape index (κ2) is 9.97. The van der Waals surface area contributed by atoms with Gasteiger partial charge in [-0.2, -0.15) is 0 Å². The van der Waals surface area contributed by atoms with E-state index in [4.69, 9.17) is 0 Å². The van der Waals surface area contributed by atoms with Gasteiger partial charge in [-0.1, -0.05) is 25.0 Å². The third-order valence-corrected chi connectivity index (χ3v) is 6.40. The van der Waals surface area contributed by atoms with Crippen molar-refractivity contribution in [2.24, 2.45) is 11.8 Å². The molecule has 4 rings (SSSR count). The minimum Gasteiger partial charge on any atom is -0.347 e. The Bertz CT molecular complexity index is 761. The van der Waals surface area contributed by atoms with E-state index in [2.05, 4.69) is 32.3 Å². The fraction of sp³-hybridized carbons (Fsp3) is 0.542. The lowest BCUT2D eigenvalue weighted by Gasteiger charge is -2.37. The molecule has 3 heterocycles. The van der Waals surface area contributed by atoms with Gasteiger partial charge in [-0.05, 0) is 68.3 Å². The molecule has 5 heteroatoms. The van der Waals surface area contributed by atoms with E-state index in [0.29, 0.717) is 18.3 Å². The molecule has 1 N–H and O–H groups in total. The Morgan fingerprint density at radius 1 is 1.03 bits per heavy atom. The van der Waals surface area contributed by atoms with Crippen LogP contribution in [0.25, 0.3) is 0 Å². The van der Waals surface area contributed by atoms with E-state index in [0.717, 1.165) is 43.9 Å². The lowest BCUT2D eigenvalue weighted by Crippen LogP contribution is -2.43. The van der Waals surface area contributed by atoms with Crippen LogP contribution < -0.4 is 5.32 Å². The predicted molar refractivity (Wildman–Crippen MR) is 114 cm³/mol. The molecule has 1 aliphatic carbocycles. The summed E-state index contributed by atoms with van der Waals surface area (Å²) in [4.78, 5) is 24.4. The van der Waals surface area contributed by atoms with Crippen LogP contribution in [0.1, 0.15) is 62.4 Å². The molecule has 0 bridgehead atoms. The minimum absolute atomic E-state index is 0.0170. The topological polar surface area (TPSA) is 58.1 Å². The van der Waals surface area contributed by atoms with E-state index in [1.54, 1.807) is 0 Å². The van der Waals surface area contributed by atoms with E-state index in [9.17, 15) is 4.79 Å². The molecule has 0 spiro atoms. The maximum Gasteiger partial charge on any atom is 0.220 e. The zero-order valence-corrected chi connectivity index (χ0v) is 17.2. The number of aromatic nitrogens is 2. The van der Waals surface area contributed by atoms with E-state index in [1.807, 2.05) is 36.7 Å². The van der Waals surface area contributed by atoms with Crippen molar-refractivity contribution in [1.29, 1.82) is 0 Å². The Hall–Kier alpha value is -2.27. The number of nitrogens with one attached hydrogen (secondary N) is 1. The van der Waals surface area contributed by atoms with Gasteiger partial charge in [0.15, 0.2) is 0 Å². The fourth-order valence-electron chi connectivity index (χ4n) is 4.93. The average molecular weight is 393 g/mol. The van der Waals surface area contributed by atoms with Crippen molar-refractivity contribution in [3.05, 3.63) is 60.2 Å². The largest absolute Gasteiger partial charge is 0.347 e. The summed E-state index contributed by atoms with van der Waals surface area (Å²) < 4.78 is 0. The Balaban J connectivity index is 1.44. The second-order valence-electron chi connectivity index (χ2n) is 8.61. The van der Waals surface area contributed by atoms with Gasteiger partial charge in [0.2, 0.25) is 5.91 Å². The van der Waals surface area contributed by atoms with Gasteiger partial charge < -0.3 is 5.32 Å². The number of carbonyl (C=O) groups is 1. The average Bonchev–Trinajstić information content (AvgIpc) is 3.26. The van der Waals surface area contributed by atoms with Crippen molar-refractivity contribution >= 4 is 5.91 Å². The zero-order valence-electron chi connectivity index (χ0n) is 17.2. The van der Waals surface area contributed by atoms with Crippen molar-refractivity contribution in [2.75, 3.05) is 13.1 Å². The standard InChI is InChI=1S/C24H32N4O/c29-23(16-19-8-1-2-9-19)27-24(22-12-4-6-14-26-22)20-10-7-15-28(17-20)18-21-11-3-5-13-25-21/h3-6,11-14,19-20,24H,1-2,7-10,15-18H2,(H,27,29)/t20-,24-/m1/s1. The monoisotopic (exact) mass is 392 g/mol. The van der Waals surface area contributed by atoms with Gasteiger partial charge in [0.05, 0.1) is 17.4 Å². The van der Waals surface area contributed by atoms with Gasteiger partial charge in [-0.25, -0.2) is 0 Å². The number of pyridine rings is 2. The van der Waals surface area contributed by atoms with Crippen LogP contribution in [0.2, 0.25) is 0 Å². The lowest BCUT2D eigenvalue weighted by molar-refractivity contribution is -0.123. The number of hydrogen-bond acceptors (Lipinski definition) is 4. The molecule has 2 atom stereocenters. The zero-order chi connectivity index (χ0) is 19.9. The summed E-state index contributed by atoms with van der Waals surface area (Å²) in [7, 11) is 0. The third-order valence-electron chi connectivity index (χ3n) is 6.40. The van der Waals surface area contributed by atoms with Gasteiger partial charge in [-0.15, -0.1) is 0 Å². The van der Waals surface area contributed by atoms with Gasteiger partial charge in [0.25, 0.3) is 0 Å². The molecule has 1 saturated carbocycles. The summed E-state index contributed by atoms with van der Waals surface area (Å²) in [6, 6.07) is 12.1. The van der Waals surface area contributed by atoms with Crippen LogP contribution >= 0.6 is 0 Å². The number of carbonyl (C=O) groups excluding carboxylic acids is 1. The van der Waals surface area contributed by atoms with Gasteiger partial charge in [0.1, 0.15) is 0 Å². The maximum atomic E-state index is 12.8. The summed E-state index contributed by atoms with van der Waals surface area (Å²) in [5.41, 5.74) is 2.09. The molecule has 2 fully saturated rings. The number of piperidine rings is 1. The van der Waals surface area contributed by atoms with Crippen LogP contribution in [0, 0.1) is 11.8 Å². The first-order valence-electron chi connectivity index (χ1n) is 11.1. The van der Waals surface area contributed by atoms with Crippen molar-refractivity contribution < 1.29 is 4.79 Å². The SMILES string of the molecule is O=C(CC1CCCC1)N[C@@H](c1ccccn1)[C@@H]1CCCN(Cc2ccccn2)C1. The molecule has 1 saturated heterocycles. The maximum absolute atomic E-state index is 12.8. The molecule has 1 amide bonds. The Morgan fingerprint density at radius 3 is 2.55 bits per heavy atom. The molecule has 1 aliphatic heterocycles. The van der Waals surface area contributed by atoms with Crippen molar-refractivity contribution in [1.82, 2.24) is 20.2 Å². The van der Waals surface area contributed by atoms with Crippen LogP contribution in [0.3, 0.4) is 0 Å². The summed E-state index contributed by atoms with van der Waals surface area (Å²) in [5, 5.41) is 3.37. The number of likely N-dealkylation sites (tertiary alicyclic amines) is 1. The smallest absolute Gasteiger partial charge is 0.220 e. The number of rotatable bonds is 7. The summed E-state index contributed by atoms with van der Waals surface area (Å²) in [6.07, 6.45) is 11.5. The molecule has 2 aromatic rings. The molecule has 2 aromatic heterocycles. The van der Waals surface area contributed by atoms with Crippen molar-refractivity contribution in [3.8, 4) is 0 Å². The first kappa shape index (κ1) is 20.0. The number of nitrogens with zero attached hydrogens (tertiary/aromatic N) is 3. The quantitative estimate of drug-likeness (QED) is 0.770. The Morgan fingerprint density at radius 2 is 1.83 bits per heavy atom. The molecular formula is C24H32N4O. The minimum atomic E-state index is -0.0170. The Kier molecular flexibility index (Phi) is 6.88. The van der Waals surface area contributed by atoms with Crippen LogP contribution in [0.15, 0.2) is 48.8 Å². The van der Waals surface area contributed by atoms with Crippen LogP contribution in [-0.2, 0) is 11.3 Å². The predicted octanol–water partition coefficient (Wildman–Crippen LogP) is 4.13. The first-order valence-corrected chi connectivity index (χ1v) is 11.1. The first-order chi connectivity index (χ1) is 14.3. The molecule has 29 heavy (non-hydrogen) atoms. The van der Waals surface area contributed by atoms with Crippen molar-refractivity contribution in [3.63, 3.8) is 0 Å². The van der Waals surface area contributed by atoms with Gasteiger partial charge in [-0.3, -0.25) is 19.7 Å². The van der Waals surface area contributed by atoms with Crippen LogP contribution in [0.5, 0.6) is 0 Å². The summed E-state index contributed by atoms with van der Waals surface area (Å²) >= 11 is 0. The van der Waals surface area contributed by atoms with Crippen LogP contribution in [0.4, 0.5) is 0 Å². The molecule has 154 valence electrons. The molecule has 5 nitrogen and oxygen atoms in total. The highest BCUT2D eigenvalue weighted by molar-refractivity contribution is 5.76.